The Kier molecular flexibility index (Phi) is 11.8. The van der Waals surface area contributed by atoms with Crippen molar-refractivity contribution in [2.24, 2.45) is 5.92 Å². The Hall–Kier alpha value is -4.71. The molecule has 0 aliphatic carbocycles. The van der Waals surface area contributed by atoms with Gasteiger partial charge in [0.05, 0.1) is 30.0 Å². The van der Waals surface area contributed by atoms with Gasteiger partial charge in [-0.1, -0.05) is 84.0 Å². The van der Waals surface area contributed by atoms with E-state index in [4.69, 9.17) is 4.74 Å². The fourth-order valence-corrected chi connectivity index (χ4v) is 10.7. The van der Waals surface area contributed by atoms with E-state index in [2.05, 4.69) is 48.6 Å². The predicted octanol–water partition coefficient (Wildman–Crippen LogP) is 8.56. The Bertz CT molecular complexity index is 2010. The maximum Gasteiger partial charge on any atom is 0.264 e. The van der Waals surface area contributed by atoms with Gasteiger partial charge in [0.25, 0.3) is 11.8 Å². The third-order valence-corrected chi connectivity index (χ3v) is 13.4. The van der Waals surface area contributed by atoms with E-state index in [-0.39, 0.29) is 24.3 Å². The average Bonchev–Trinajstić information content (AvgIpc) is 3.80. The molecule has 0 bridgehead atoms. The first-order chi connectivity index (χ1) is 25.8. The number of nitrogens with one attached hydrogen (secondary N) is 1. The number of halogens is 1. The monoisotopic (exact) mass is 749 g/mol. The van der Waals surface area contributed by atoms with Gasteiger partial charge in [-0.05, 0) is 89.0 Å². The minimum atomic E-state index is -3.42. The Morgan fingerprint density at radius 1 is 1.06 bits per heavy atom. The van der Waals surface area contributed by atoms with Gasteiger partial charge in [-0.3, -0.25) is 14.3 Å². The number of carbonyl (C=O) groups excluding carboxylic acids is 2. The SMILES string of the molecule is CC(C)=CCC/C(C)=C/CN1C(=O)[C@]2(O[C@H](CCn3cc(C(CO)c4ccccc4)nn3)[C@@H]([Si](C)(C)F)[C@@H]2C)c2cc(NC(=O)c3ccccc3)ccc21. The first-order valence-corrected chi connectivity index (χ1v) is 21.8. The lowest BCUT2D eigenvalue weighted by molar-refractivity contribution is -0.145. The van der Waals surface area contributed by atoms with Crippen LogP contribution in [0.25, 0.3) is 0 Å². The zero-order chi connectivity index (χ0) is 38.6. The number of ether oxygens (including phenoxy) is 1. The van der Waals surface area contributed by atoms with Crippen LogP contribution in [0.1, 0.15) is 80.1 Å². The minimum Gasteiger partial charge on any atom is -0.395 e. The predicted molar refractivity (Wildman–Crippen MR) is 214 cm³/mol. The van der Waals surface area contributed by atoms with E-state index in [1.54, 1.807) is 34.8 Å². The lowest BCUT2D eigenvalue weighted by Gasteiger charge is -2.31. The number of fused-ring (bicyclic) bond motifs is 2. The lowest BCUT2D eigenvalue weighted by atomic mass is 9.82. The maximum absolute atomic E-state index is 16.6. The van der Waals surface area contributed by atoms with Crippen LogP contribution in [0.5, 0.6) is 0 Å². The van der Waals surface area contributed by atoms with E-state index in [0.29, 0.717) is 47.7 Å². The molecule has 1 saturated heterocycles. The van der Waals surface area contributed by atoms with Crippen LogP contribution in [0.3, 0.4) is 0 Å². The Balaban J connectivity index is 1.32. The number of anilines is 2. The van der Waals surface area contributed by atoms with Crippen molar-refractivity contribution in [3.05, 3.63) is 131 Å². The van der Waals surface area contributed by atoms with Crippen LogP contribution < -0.4 is 10.2 Å². The highest BCUT2D eigenvalue weighted by Gasteiger charge is 2.66. The standard InChI is InChI=1S/C43H52FN5O4Si/c1-29(2)14-13-15-30(3)22-25-49-38-21-20-34(45-41(51)33-18-11-8-12-19-33)26-36(38)43(42(49)52)31(4)40(54(5,6)44)39(53-43)23-24-48-27-37(46-47-48)35(28-50)32-16-9-7-10-17-32/h7-12,14,16-22,26-27,31,35,39-40,50H,13,15,23-25,28H2,1-6H3,(H,45,51)/b30-22+/t31-,35?,39+,40-,43+/m0/s1. The zero-order valence-electron chi connectivity index (χ0n) is 32.1. The first-order valence-electron chi connectivity index (χ1n) is 18.9. The van der Waals surface area contributed by atoms with Crippen molar-refractivity contribution in [2.45, 2.75) is 89.8 Å². The van der Waals surface area contributed by atoms with Crippen LogP contribution in [-0.2, 0) is 21.7 Å². The Morgan fingerprint density at radius 2 is 1.76 bits per heavy atom. The van der Waals surface area contributed by atoms with Crippen molar-refractivity contribution in [1.82, 2.24) is 15.0 Å². The van der Waals surface area contributed by atoms with E-state index < -0.39 is 31.6 Å². The molecule has 0 saturated carbocycles. The molecule has 6 rings (SSSR count). The molecule has 1 aromatic heterocycles. The van der Waals surface area contributed by atoms with Crippen molar-refractivity contribution < 1.29 is 23.5 Å². The second-order valence-electron chi connectivity index (χ2n) is 15.5. The van der Waals surface area contributed by atoms with E-state index in [0.717, 1.165) is 18.4 Å². The van der Waals surface area contributed by atoms with Gasteiger partial charge < -0.3 is 24.2 Å². The summed E-state index contributed by atoms with van der Waals surface area (Å²) in [6, 6.07) is 24.2. The number of aliphatic hydroxyl groups excluding tert-OH is 1. The van der Waals surface area contributed by atoms with Crippen LogP contribution >= 0.6 is 0 Å². The summed E-state index contributed by atoms with van der Waals surface area (Å²) >= 11 is 0. The van der Waals surface area contributed by atoms with Crippen LogP contribution in [0, 0.1) is 5.92 Å². The van der Waals surface area contributed by atoms with Gasteiger partial charge in [0.2, 0.25) is 8.41 Å². The summed E-state index contributed by atoms with van der Waals surface area (Å²) < 4.78 is 25.3. The minimum absolute atomic E-state index is 0.117. The fraction of sp³-hybridized carbons (Fsp3) is 0.395. The molecule has 3 heterocycles. The summed E-state index contributed by atoms with van der Waals surface area (Å²) in [5, 5.41) is 21.9. The van der Waals surface area contributed by atoms with Gasteiger partial charge >= 0.3 is 0 Å². The molecule has 1 spiro atoms. The Morgan fingerprint density at radius 3 is 2.43 bits per heavy atom. The number of benzene rings is 3. The van der Waals surface area contributed by atoms with E-state index >= 15 is 4.11 Å². The second-order valence-corrected chi connectivity index (χ2v) is 19.2. The van der Waals surface area contributed by atoms with Crippen molar-refractivity contribution in [2.75, 3.05) is 23.4 Å². The summed E-state index contributed by atoms with van der Waals surface area (Å²) in [7, 11) is -3.42. The molecule has 5 atom stereocenters. The molecule has 54 heavy (non-hydrogen) atoms. The summed E-state index contributed by atoms with van der Waals surface area (Å²) in [6.45, 7) is 12.2. The first kappa shape index (κ1) is 39.0. The highest BCUT2D eigenvalue weighted by molar-refractivity contribution is 6.72. The molecule has 2 aliphatic heterocycles. The normalized spacial score (nSPS) is 21.7. The number of hydrogen-bond acceptors (Lipinski definition) is 6. The zero-order valence-corrected chi connectivity index (χ0v) is 33.1. The van der Waals surface area contributed by atoms with Crippen LogP contribution in [0.2, 0.25) is 18.6 Å². The van der Waals surface area contributed by atoms with E-state index in [9.17, 15) is 14.7 Å². The largest absolute Gasteiger partial charge is 0.395 e. The number of carbonyl (C=O) groups is 2. The van der Waals surface area contributed by atoms with Crippen LogP contribution in [0.15, 0.2) is 108 Å². The van der Waals surface area contributed by atoms with Crippen molar-refractivity contribution in [3.8, 4) is 0 Å². The fourth-order valence-electron chi connectivity index (χ4n) is 8.20. The van der Waals surface area contributed by atoms with Gasteiger partial charge in [0.15, 0.2) is 5.60 Å². The molecule has 1 fully saturated rings. The summed E-state index contributed by atoms with van der Waals surface area (Å²) in [6.07, 6.45) is 7.74. The van der Waals surface area contributed by atoms with Crippen molar-refractivity contribution in [3.63, 3.8) is 0 Å². The molecule has 9 nitrogen and oxygen atoms in total. The molecular formula is C43H52FN5O4Si. The summed E-state index contributed by atoms with van der Waals surface area (Å²) in [5.74, 6) is -1.29. The molecule has 11 heteroatoms. The average molecular weight is 750 g/mol. The van der Waals surface area contributed by atoms with Gasteiger partial charge in [-0.2, -0.15) is 0 Å². The molecule has 2 N–H and O–H groups in total. The van der Waals surface area contributed by atoms with Crippen LogP contribution in [-0.4, -0.2) is 59.6 Å². The third kappa shape index (κ3) is 8.04. The van der Waals surface area contributed by atoms with Gasteiger partial charge in [0, 0.05) is 47.6 Å². The van der Waals surface area contributed by atoms with Crippen molar-refractivity contribution >= 4 is 31.6 Å². The number of nitrogens with zero attached hydrogens (tertiary/aromatic N) is 4. The molecule has 4 aromatic rings. The topological polar surface area (TPSA) is 110 Å². The van der Waals surface area contributed by atoms with E-state index in [1.807, 2.05) is 79.9 Å². The van der Waals surface area contributed by atoms with Gasteiger partial charge in [-0.25, -0.2) is 0 Å². The maximum atomic E-state index is 16.6. The highest BCUT2D eigenvalue weighted by Crippen LogP contribution is 2.60. The number of amides is 2. The summed E-state index contributed by atoms with van der Waals surface area (Å²) in [5.41, 5.74) is 4.46. The van der Waals surface area contributed by atoms with Gasteiger partial charge in [-0.15, -0.1) is 5.10 Å². The quantitative estimate of drug-likeness (QED) is 0.0760. The number of hydrogen-bond donors (Lipinski definition) is 2. The highest BCUT2D eigenvalue weighted by atomic mass is 28.4. The molecule has 3 aromatic carbocycles. The molecule has 0 radical (unpaired) electrons. The Labute approximate surface area is 319 Å². The summed E-state index contributed by atoms with van der Waals surface area (Å²) in [4.78, 5) is 29.9. The lowest BCUT2D eigenvalue weighted by Crippen LogP contribution is -2.45. The molecule has 1 unspecified atom stereocenters. The number of allylic oxidation sites excluding steroid dienone is 3. The molecular weight excluding hydrogens is 698 g/mol. The van der Waals surface area contributed by atoms with Crippen molar-refractivity contribution in [1.29, 1.82) is 0 Å². The second kappa shape index (κ2) is 16.3. The molecule has 284 valence electrons. The van der Waals surface area contributed by atoms with E-state index in [1.165, 1.54) is 11.1 Å². The number of rotatable bonds is 14. The molecule has 2 amide bonds. The third-order valence-electron chi connectivity index (χ3n) is 10.9. The number of aromatic nitrogens is 3. The molecule has 2 aliphatic rings. The number of aliphatic hydroxyl groups is 1. The van der Waals surface area contributed by atoms with Gasteiger partial charge in [0.1, 0.15) is 0 Å². The number of aryl methyl sites for hydroxylation is 1. The smallest absolute Gasteiger partial charge is 0.264 e. The van der Waals surface area contributed by atoms with Crippen LogP contribution in [0.4, 0.5) is 15.5 Å².